The van der Waals surface area contributed by atoms with Gasteiger partial charge in [0.25, 0.3) is 11.5 Å². The summed E-state index contributed by atoms with van der Waals surface area (Å²) in [5.41, 5.74) is -1.26. The number of H-pyrrole nitrogens is 1. The third-order valence-corrected chi connectivity index (χ3v) is 5.66. The number of aromatic amines is 1. The lowest BCUT2D eigenvalue weighted by molar-refractivity contribution is -0.137. The van der Waals surface area contributed by atoms with Crippen molar-refractivity contribution in [2.75, 3.05) is 31.7 Å². The number of carbonyl (C=O) groups is 1. The van der Waals surface area contributed by atoms with Crippen LogP contribution in [0.5, 0.6) is 0 Å². The molecular weight excluding hydrogens is 437 g/mol. The molecule has 2 N–H and O–H groups in total. The van der Waals surface area contributed by atoms with E-state index >= 15 is 0 Å². The number of rotatable bonds is 6. The summed E-state index contributed by atoms with van der Waals surface area (Å²) in [6.07, 6.45) is -3.56. The molecule has 1 saturated heterocycles. The molecule has 0 spiro atoms. The van der Waals surface area contributed by atoms with Gasteiger partial charge in [0.05, 0.1) is 18.2 Å². The molecule has 0 bridgehead atoms. The van der Waals surface area contributed by atoms with Gasteiger partial charge >= 0.3 is 6.18 Å². The Labute approximate surface area is 190 Å². The smallest absolute Gasteiger partial charge is 0.384 e. The van der Waals surface area contributed by atoms with E-state index in [2.05, 4.69) is 15.3 Å². The molecule has 1 aromatic carbocycles. The highest BCUT2D eigenvalue weighted by Crippen LogP contribution is 2.35. The van der Waals surface area contributed by atoms with Crippen LogP contribution >= 0.6 is 0 Å². The zero-order valence-corrected chi connectivity index (χ0v) is 19.1. The van der Waals surface area contributed by atoms with E-state index in [-0.39, 0.29) is 5.69 Å². The lowest BCUT2D eigenvalue weighted by atomic mass is 9.82. The Bertz CT molecular complexity index is 1030. The van der Waals surface area contributed by atoms with Crippen LogP contribution < -0.4 is 15.8 Å². The molecule has 0 unspecified atom stereocenters. The number of hydrogen-bond donors (Lipinski definition) is 2. The van der Waals surface area contributed by atoms with Crippen LogP contribution in [0.25, 0.3) is 0 Å². The van der Waals surface area contributed by atoms with Gasteiger partial charge < -0.3 is 15.0 Å². The number of alkyl halides is 3. The Morgan fingerprint density at radius 2 is 1.94 bits per heavy atom. The van der Waals surface area contributed by atoms with Crippen LogP contribution in [0.3, 0.4) is 0 Å². The molecule has 3 rings (SSSR count). The molecule has 33 heavy (non-hydrogen) atoms. The predicted molar refractivity (Wildman–Crippen MR) is 118 cm³/mol. The van der Waals surface area contributed by atoms with Crippen LogP contribution in [0.4, 0.5) is 19.1 Å². The first-order chi connectivity index (χ1) is 15.4. The van der Waals surface area contributed by atoms with Crippen LogP contribution in [0.15, 0.2) is 35.1 Å². The van der Waals surface area contributed by atoms with E-state index in [1.165, 1.54) is 12.1 Å². The van der Waals surface area contributed by atoms with Gasteiger partial charge in [0.2, 0.25) is 5.95 Å². The standard InChI is InChI=1S/C23H29F3N4O3/c1-22(2,3)19(15-5-7-16(8-6-15)23(24,25)26)29-20(32)17-11-18(31)28-21(27-17)30-10-9-14(12-30)13-33-4/h5-8,11,14,19H,9-10,12-13H2,1-4H3,(H,29,32)(H,27,28,31)/t14-,19-/m0/s1. The monoisotopic (exact) mass is 466 g/mol. The fraction of sp³-hybridized carbons (Fsp3) is 0.522. The number of anilines is 1. The summed E-state index contributed by atoms with van der Waals surface area (Å²) in [5, 5.41) is 2.85. The van der Waals surface area contributed by atoms with E-state index in [1.807, 2.05) is 25.7 Å². The molecule has 2 heterocycles. The zero-order chi connectivity index (χ0) is 24.4. The molecule has 1 amide bonds. The number of benzene rings is 1. The third kappa shape index (κ3) is 6.13. The van der Waals surface area contributed by atoms with Crippen LogP contribution in [0, 0.1) is 11.3 Å². The SMILES string of the molecule is COC[C@H]1CCN(c2nc(C(=O)N[C@@H](c3ccc(C(F)(F)F)cc3)C(C)(C)C)cc(=O)[nH]2)C1. The summed E-state index contributed by atoms with van der Waals surface area (Å²) in [4.78, 5) is 34.2. The van der Waals surface area contributed by atoms with E-state index in [0.717, 1.165) is 24.6 Å². The second-order valence-electron chi connectivity index (χ2n) is 9.40. The van der Waals surface area contributed by atoms with E-state index in [9.17, 15) is 22.8 Å². The molecule has 2 atom stereocenters. The normalized spacial score (nSPS) is 17.8. The molecule has 0 radical (unpaired) electrons. The molecule has 10 heteroatoms. The summed E-state index contributed by atoms with van der Waals surface area (Å²) in [6.45, 7) is 7.53. The van der Waals surface area contributed by atoms with Gasteiger partial charge in [-0.25, -0.2) is 4.98 Å². The minimum absolute atomic E-state index is 0.0508. The van der Waals surface area contributed by atoms with Gasteiger partial charge in [-0.1, -0.05) is 32.9 Å². The Morgan fingerprint density at radius 1 is 1.27 bits per heavy atom. The van der Waals surface area contributed by atoms with Gasteiger partial charge in [0.15, 0.2) is 0 Å². The van der Waals surface area contributed by atoms with E-state index < -0.39 is 34.7 Å². The number of nitrogens with one attached hydrogen (secondary N) is 2. The van der Waals surface area contributed by atoms with Crippen molar-refractivity contribution in [3.05, 3.63) is 57.5 Å². The molecule has 0 saturated carbocycles. The van der Waals surface area contributed by atoms with E-state index in [1.54, 1.807) is 7.11 Å². The van der Waals surface area contributed by atoms with Gasteiger partial charge in [0.1, 0.15) is 5.69 Å². The van der Waals surface area contributed by atoms with Crippen molar-refractivity contribution in [2.45, 2.75) is 39.4 Å². The largest absolute Gasteiger partial charge is 0.416 e. The van der Waals surface area contributed by atoms with Gasteiger partial charge in [-0.05, 0) is 29.5 Å². The lowest BCUT2D eigenvalue weighted by Crippen LogP contribution is -2.38. The lowest BCUT2D eigenvalue weighted by Gasteiger charge is -2.32. The Morgan fingerprint density at radius 3 is 2.52 bits per heavy atom. The van der Waals surface area contributed by atoms with Crippen LogP contribution in [0.2, 0.25) is 0 Å². The summed E-state index contributed by atoms with van der Waals surface area (Å²) in [7, 11) is 1.63. The van der Waals surface area contributed by atoms with Crippen LogP contribution in [-0.2, 0) is 10.9 Å². The highest BCUT2D eigenvalue weighted by molar-refractivity contribution is 5.92. The van der Waals surface area contributed by atoms with E-state index in [0.29, 0.717) is 37.1 Å². The minimum atomic E-state index is -4.44. The van der Waals surface area contributed by atoms with Crippen molar-refractivity contribution in [1.29, 1.82) is 0 Å². The van der Waals surface area contributed by atoms with Crippen LogP contribution in [-0.4, -0.2) is 42.7 Å². The maximum absolute atomic E-state index is 13.0. The van der Waals surface area contributed by atoms with Gasteiger partial charge in [-0.2, -0.15) is 13.2 Å². The molecule has 180 valence electrons. The van der Waals surface area contributed by atoms with Crippen molar-refractivity contribution in [3.63, 3.8) is 0 Å². The number of halogens is 3. The summed E-state index contributed by atoms with van der Waals surface area (Å²) < 4.78 is 44.0. The quantitative estimate of drug-likeness (QED) is 0.677. The van der Waals surface area contributed by atoms with Crippen molar-refractivity contribution >= 4 is 11.9 Å². The number of ether oxygens (including phenoxy) is 1. The third-order valence-electron chi connectivity index (χ3n) is 5.66. The molecule has 1 fully saturated rings. The number of amides is 1. The number of methoxy groups -OCH3 is 1. The topological polar surface area (TPSA) is 87.3 Å². The van der Waals surface area contributed by atoms with Gasteiger partial charge in [-0.3, -0.25) is 14.6 Å². The highest BCUT2D eigenvalue weighted by atomic mass is 19.4. The molecule has 1 aliphatic rings. The number of aromatic nitrogens is 2. The van der Waals surface area contributed by atoms with Gasteiger partial charge in [-0.15, -0.1) is 0 Å². The first kappa shape index (κ1) is 24.8. The summed E-state index contributed by atoms with van der Waals surface area (Å²) in [5.74, 6) is 0.0469. The number of nitrogens with zero attached hydrogens (tertiary/aromatic N) is 2. The molecule has 1 aromatic heterocycles. The Kier molecular flexibility index (Phi) is 7.16. The number of carbonyl (C=O) groups excluding carboxylic acids is 1. The average Bonchev–Trinajstić information content (AvgIpc) is 3.19. The van der Waals surface area contributed by atoms with Crippen molar-refractivity contribution in [1.82, 2.24) is 15.3 Å². The molecule has 1 aliphatic heterocycles. The summed E-state index contributed by atoms with van der Waals surface area (Å²) >= 11 is 0. The molecular formula is C23H29F3N4O3. The second-order valence-corrected chi connectivity index (χ2v) is 9.40. The predicted octanol–water partition coefficient (Wildman–Crippen LogP) is 3.78. The zero-order valence-electron chi connectivity index (χ0n) is 19.1. The van der Waals surface area contributed by atoms with E-state index in [4.69, 9.17) is 4.74 Å². The first-order valence-corrected chi connectivity index (χ1v) is 10.7. The fourth-order valence-electron chi connectivity index (χ4n) is 3.98. The Hall–Kier alpha value is -2.88. The second kappa shape index (κ2) is 9.54. The fourth-order valence-corrected chi connectivity index (χ4v) is 3.98. The number of hydrogen-bond acceptors (Lipinski definition) is 5. The van der Waals surface area contributed by atoms with Gasteiger partial charge in [0, 0.05) is 32.2 Å². The Balaban J connectivity index is 1.83. The van der Waals surface area contributed by atoms with Crippen LogP contribution in [0.1, 0.15) is 54.8 Å². The van der Waals surface area contributed by atoms with Crippen molar-refractivity contribution in [2.24, 2.45) is 11.3 Å². The maximum atomic E-state index is 13.0. The molecule has 2 aromatic rings. The maximum Gasteiger partial charge on any atom is 0.416 e. The first-order valence-electron chi connectivity index (χ1n) is 10.7. The minimum Gasteiger partial charge on any atom is -0.384 e. The highest BCUT2D eigenvalue weighted by Gasteiger charge is 2.33. The van der Waals surface area contributed by atoms with Crippen molar-refractivity contribution < 1.29 is 22.7 Å². The van der Waals surface area contributed by atoms with Crippen molar-refractivity contribution in [3.8, 4) is 0 Å². The molecule has 7 nitrogen and oxygen atoms in total. The molecule has 0 aliphatic carbocycles. The average molecular weight is 467 g/mol. The summed E-state index contributed by atoms with van der Waals surface area (Å²) in [6, 6.07) is 5.22.